The van der Waals surface area contributed by atoms with Gasteiger partial charge in [-0.15, -0.1) is 11.3 Å². The Morgan fingerprint density at radius 1 is 1.47 bits per heavy atom. The molecule has 86 valence electrons. The molecule has 2 N–H and O–H groups in total. The minimum absolute atomic E-state index is 0.427. The predicted molar refractivity (Wildman–Crippen MR) is 67.4 cm³/mol. The molecule has 3 heteroatoms. The summed E-state index contributed by atoms with van der Waals surface area (Å²) in [5, 5.41) is 3.45. The first-order chi connectivity index (χ1) is 7.19. The smallest absolute Gasteiger partial charge is 0.0928 e. The first-order valence-corrected chi connectivity index (χ1v) is 6.71. The average Bonchev–Trinajstić information content (AvgIpc) is 2.64. The van der Waals surface area contributed by atoms with E-state index in [0.29, 0.717) is 18.4 Å². The number of nitrogens with zero attached hydrogens (tertiary/aromatic N) is 1. The highest BCUT2D eigenvalue weighted by atomic mass is 32.1. The van der Waals surface area contributed by atoms with Crippen LogP contribution in [0.5, 0.6) is 0 Å². The van der Waals surface area contributed by atoms with Crippen LogP contribution < -0.4 is 5.73 Å². The van der Waals surface area contributed by atoms with Crippen LogP contribution >= 0.6 is 11.3 Å². The number of rotatable bonds is 6. The van der Waals surface area contributed by atoms with Crippen molar-refractivity contribution in [2.75, 3.05) is 6.54 Å². The van der Waals surface area contributed by atoms with Crippen molar-refractivity contribution in [2.45, 2.75) is 46.0 Å². The van der Waals surface area contributed by atoms with Gasteiger partial charge in [0.05, 0.1) is 10.7 Å². The number of hydrogen-bond acceptors (Lipinski definition) is 3. The summed E-state index contributed by atoms with van der Waals surface area (Å²) in [6.45, 7) is 7.34. The number of aryl methyl sites for hydroxylation is 1. The minimum Gasteiger partial charge on any atom is -0.330 e. The van der Waals surface area contributed by atoms with Crippen LogP contribution in [0.15, 0.2) is 5.38 Å². The highest BCUT2D eigenvalue weighted by Gasteiger charge is 2.16. The maximum Gasteiger partial charge on any atom is 0.0928 e. The molecule has 0 saturated carbocycles. The molecule has 15 heavy (non-hydrogen) atoms. The molecular formula is C12H22N2S. The molecule has 1 atom stereocenters. The topological polar surface area (TPSA) is 38.9 Å². The van der Waals surface area contributed by atoms with Gasteiger partial charge >= 0.3 is 0 Å². The monoisotopic (exact) mass is 226 g/mol. The molecule has 0 radical (unpaired) electrons. The second-order valence-corrected chi connectivity index (χ2v) is 5.30. The number of nitrogens with two attached hydrogens (primary N) is 1. The van der Waals surface area contributed by atoms with Crippen molar-refractivity contribution in [1.82, 2.24) is 4.98 Å². The van der Waals surface area contributed by atoms with Crippen molar-refractivity contribution in [1.29, 1.82) is 0 Å². The summed E-state index contributed by atoms with van der Waals surface area (Å²) in [4.78, 5) is 4.68. The largest absolute Gasteiger partial charge is 0.330 e. The summed E-state index contributed by atoms with van der Waals surface area (Å²) in [6, 6.07) is 0. The normalized spacial score (nSPS) is 13.4. The summed E-state index contributed by atoms with van der Waals surface area (Å²) >= 11 is 1.78. The molecule has 0 aromatic carbocycles. The molecule has 0 spiro atoms. The molecule has 1 aromatic rings. The van der Waals surface area contributed by atoms with Gasteiger partial charge in [0.2, 0.25) is 0 Å². The lowest BCUT2D eigenvalue weighted by atomic mass is 9.93. The third-order valence-corrected chi connectivity index (χ3v) is 3.68. The van der Waals surface area contributed by atoms with E-state index in [1.54, 1.807) is 11.3 Å². The van der Waals surface area contributed by atoms with Gasteiger partial charge in [0.1, 0.15) is 0 Å². The molecule has 2 nitrogen and oxygen atoms in total. The number of aromatic nitrogens is 1. The van der Waals surface area contributed by atoms with E-state index in [2.05, 4.69) is 31.1 Å². The predicted octanol–water partition coefficient (Wildman–Crippen LogP) is 3.18. The zero-order valence-electron chi connectivity index (χ0n) is 9.99. The second kappa shape index (κ2) is 6.23. The molecule has 0 aliphatic heterocycles. The Bertz CT molecular complexity index is 281. The molecule has 0 amide bonds. The van der Waals surface area contributed by atoms with Crippen LogP contribution in [-0.2, 0) is 6.42 Å². The van der Waals surface area contributed by atoms with E-state index >= 15 is 0 Å². The van der Waals surface area contributed by atoms with E-state index in [4.69, 9.17) is 5.73 Å². The van der Waals surface area contributed by atoms with Crippen LogP contribution in [0.2, 0.25) is 0 Å². The van der Waals surface area contributed by atoms with E-state index in [0.717, 1.165) is 6.42 Å². The molecule has 1 aromatic heterocycles. The Balaban J connectivity index is 2.65. The third kappa shape index (κ3) is 3.58. The number of thiazole rings is 1. The maximum atomic E-state index is 5.78. The zero-order valence-corrected chi connectivity index (χ0v) is 10.8. The van der Waals surface area contributed by atoms with Crippen LogP contribution in [0.4, 0.5) is 0 Å². The Kier molecular flexibility index (Phi) is 5.26. The van der Waals surface area contributed by atoms with Crippen LogP contribution in [0.1, 0.15) is 50.2 Å². The SMILES string of the molecule is CCCCc1nc(C(CN)C(C)C)cs1. The Morgan fingerprint density at radius 3 is 2.73 bits per heavy atom. The van der Waals surface area contributed by atoms with Crippen LogP contribution in [0.25, 0.3) is 0 Å². The van der Waals surface area contributed by atoms with Crippen molar-refractivity contribution in [3.8, 4) is 0 Å². The van der Waals surface area contributed by atoms with E-state index in [1.807, 2.05) is 0 Å². The Morgan fingerprint density at radius 2 is 2.20 bits per heavy atom. The average molecular weight is 226 g/mol. The molecule has 1 unspecified atom stereocenters. The fourth-order valence-corrected chi connectivity index (χ4v) is 2.58. The fourth-order valence-electron chi connectivity index (χ4n) is 1.67. The molecular weight excluding hydrogens is 204 g/mol. The van der Waals surface area contributed by atoms with Gasteiger partial charge in [-0.1, -0.05) is 27.2 Å². The number of hydrogen-bond donors (Lipinski definition) is 1. The third-order valence-electron chi connectivity index (χ3n) is 2.75. The van der Waals surface area contributed by atoms with Crippen LogP contribution in [0.3, 0.4) is 0 Å². The maximum absolute atomic E-state index is 5.78. The van der Waals surface area contributed by atoms with Gasteiger partial charge < -0.3 is 5.73 Å². The standard InChI is InChI=1S/C12H22N2S/c1-4-5-6-12-14-11(8-15-12)10(7-13)9(2)3/h8-10H,4-7,13H2,1-3H3. The van der Waals surface area contributed by atoms with Crippen LogP contribution in [0, 0.1) is 5.92 Å². The summed E-state index contributed by atoms with van der Waals surface area (Å²) in [6.07, 6.45) is 3.60. The molecule has 0 aliphatic rings. The Hall–Kier alpha value is -0.410. The molecule has 1 rings (SSSR count). The molecule has 0 fully saturated rings. The van der Waals surface area contributed by atoms with Crippen molar-refractivity contribution in [3.05, 3.63) is 16.1 Å². The van der Waals surface area contributed by atoms with E-state index in [9.17, 15) is 0 Å². The van der Waals surface area contributed by atoms with Crippen molar-refractivity contribution in [2.24, 2.45) is 11.7 Å². The zero-order chi connectivity index (χ0) is 11.3. The summed E-state index contributed by atoms with van der Waals surface area (Å²) in [7, 11) is 0. The van der Waals surface area contributed by atoms with Crippen molar-refractivity contribution < 1.29 is 0 Å². The van der Waals surface area contributed by atoms with Gasteiger partial charge in [0.25, 0.3) is 0 Å². The number of unbranched alkanes of at least 4 members (excludes halogenated alkanes) is 1. The minimum atomic E-state index is 0.427. The van der Waals surface area contributed by atoms with E-state index < -0.39 is 0 Å². The van der Waals surface area contributed by atoms with Gasteiger partial charge in [0, 0.05) is 17.8 Å². The van der Waals surface area contributed by atoms with Gasteiger partial charge in [0.15, 0.2) is 0 Å². The van der Waals surface area contributed by atoms with Gasteiger partial charge in [-0.05, 0) is 18.8 Å². The highest BCUT2D eigenvalue weighted by molar-refractivity contribution is 7.09. The Labute approximate surface area is 96.9 Å². The summed E-state index contributed by atoms with van der Waals surface area (Å²) in [5.74, 6) is 1.01. The summed E-state index contributed by atoms with van der Waals surface area (Å²) in [5.41, 5.74) is 6.98. The highest BCUT2D eigenvalue weighted by Crippen LogP contribution is 2.25. The lowest BCUT2D eigenvalue weighted by Crippen LogP contribution is -2.18. The van der Waals surface area contributed by atoms with Gasteiger partial charge in [-0.2, -0.15) is 0 Å². The summed E-state index contributed by atoms with van der Waals surface area (Å²) < 4.78 is 0. The first kappa shape index (κ1) is 12.7. The second-order valence-electron chi connectivity index (χ2n) is 4.36. The lowest BCUT2D eigenvalue weighted by Gasteiger charge is -2.15. The molecule has 1 heterocycles. The quantitative estimate of drug-likeness (QED) is 0.809. The van der Waals surface area contributed by atoms with Crippen molar-refractivity contribution >= 4 is 11.3 Å². The lowest BCUT2D eigenvalue weighted by molar-refractivity contribution is 0.496. The molecule has 0 saturated heterocycles. The first-order valence-electron chi connectivity index (χ1n) is 5.83. The van der Waals surface area contributed by atoms with E-state index in [1.165, 1.54) is 23.5 Å². The molecule has 0 bridgehead atoms. The molecule has 0 aliphatic carbocycles. The van der Waals surface area contributed by atoms with E-state index in [-0.39, 0.29) is 0 Å². The fraction of sp³-hybridized carbons (Fsp3) is 0.750. The van der Waals surface area contributed by atoms with Crippen LogP contribution in [-0.4, -0.2) is 11.5 Å². The van der Waals surface area contributed by atoms with Crippen molar-refractivity contribution in [3.63, 3.8) is 0 Å². The van der Waals surface area contributed by atoms with Gasteiger partial charge in [-0.3, -0.25) is 0 Å². The van der Waals surface area contributed by atoms with Gasteiger partial charge in [-0.25, -0.2) is 4.98 Å².